The van der Waals surface area contributed by atoms with Crippen molar-refractivity contribution >= 4 is 11.9 Å². The number of carbonyl (C=O) groups excluding carboxylic acids is 1. The van der Waals surface area contributed by atoms with Crippen LogP contribution in [-0.4, -0.2) is 17.0 Å². The molecule has 0 heterocycles. The van der Waals surface area contributed by atoms with Gasteiger partial charge < -0.3 is 9.84 Å². The summed E-state index contributed by atoms with van der Waals surface area (Å²) in [5.74, 6) is -0.144. The maximum Gasteiger partial charge on any atom is 0.311 e. The summed E-state index contributed by atoms with van der Waals surface area (Å²) in [5.41, 5.74) is 0. The molecule has 1 N–H and O–H groups in total. The van der Waals surface area contributed by atoms with Crippen LogP contribution < -0.4 is 4.74 Å². The van der Waals surface area contributed by atoms with E-state index in [-0.39, 0.29) is 5.97 Å². The van der Waals surface area contributed by atoms with Gasteiger partial charge in [0.15, 0.2) is 0 Å². The summed E-state index contributed by atoms with van der Waals surface area (Å²) in [6.45, 7) is 0. The van der Waals surface area contributed by atoms with Gasteiger partial charge in [-0.05, 0) is 25.0 Å². The first-order valence-corrected chi connectivity index (χ1v) is 13.7. The van der Waals surface area contributed by atoms with E-state index >= 15 is 0 Å². The molecule has 1 rings (SSSR count). The molecule has 1 aromatic carbocycles. The highest BCUT2D eigenvalue weighted by atomic mass is 16.5. The van der Waals surface area contributed by atoms with Crippen molar-refractivity contribution in [3.05, 3.63) is 30.3 Å². The van der Waals surface area contributed by atoms with E-state index in [1.807, 2.05) is 30.3 Å². The van der Waals surface area contributed by atoms with Gasteiger partial charge in [0.25, 0.3) is 0 Å². The lowest BCUT2D eigenvalue weighted by Gasteiger charge is -2.05. The molecule has 0 amide bonds. The third-order valence-corrected chi connectivity index (χ3v) is 6.25. The second kappa shape index (κ2) is 22.0. The first-order valence-electron chi connectivity index (χ1n) is 13.7. The predicted octanol–water partition coefficient (Wildman–Crippen LogP) is 8.87. The smallest absolute Gasteiger partial charge is 0.311 e. The quantitative estimate of drug-likeness (QED) is 0.101. The minimum absolute atomic E-state index is 0.119. The first kappa shape index (κ1) is 29.2. The molecule has 33 heavy (non-hydrogen) atoms. The number of hydrogen-bond acceptors (Lipinski definition) is 3. The van der Waals surface area contributed by atoms with E-state index in [9.17, 15) is 9.59 Å². The van der Waals surface area contributed by atoms with Crippen LogP contribution in [0.25, 0.3) is 0 Å². The van der Waals surface area contributed by atoms with Gasteiger partial charge in [0.2, 0.25) is 0 Å². The van der Waals surface area contributed by atoms with E-state index in [0.29, 0.717) is 18.6 Å². The van der Waals surface area contributed by atoms with Gasteiger partial charge in [-0.1, -0.05) is 127 Å². The highest BCUT2D eigenvalue weighted by molar-refractivity contribution is 5.72. The van der Waals surface area contributed by atoms with E-state index in [4.69, 9.17) is 9.84 Å². The minimum Gasteiger partial charge on any atom is -0.481 e. The molecule has 0 aliphatic carbocycles. The molecule has 0 saturated carbocycles. The van der Waals surface area contributed by atoms with E-state index in [0.717, 1.165) is 25.7 Å². The zero-order valence-corrected chi connectivity index (χ0v) is 20.9. The highest BCUT2D eigenvalue weighted by Gasteiger charge is 2.04. The van der Waals surface area contributed by atoms with Crippen molar-refractivity contribution in [1.29, 1.82) is 0 Å². The van der Waals surface area contributed by atoms with Gasteiger partial charge in [-0.25, -0.2) is 0 Å². The molecule has 188 valence electrons. The summed E-state index contributed by atoms with van der Waals surface area (Å²) in [5, 5.41) is 8.60. The molecule has 1 aromatic rings. The summed E-state index contributed by atoms with van der Waals surface area (Å²) in [6, 6.07) is 9.31. The lowest BCUT2D eigenvalue weighted by molar-refractivity contribution is -0.137. The van der Waals surface area contributed by atoms with Gasteiger partial charge in [-0.3, -0.25) is 9.59 Å². The Hall–Kier alpha value is -1.84. The Morgan fingerprint density at radius 2 is 0.848 bits per heavy atom. The molecule has 0 aliphatic heterocycles. The van der Waals surface area contributed by atoms with Gasteiger partial charge in [0.05, 0.1) is 0 Å². The van der Waals surface area contributed by atoms with Crippen LogP contribution in [0, 0.1) is 0 Å². The van der Waals surface area contributed by atoms with Crippen LogP contribution in [0.5, 0.6) is 5.75 Å². The van der Waals surface area contributed by atoms with Crippen molar-refractivity contribution in [1.82, 2.24) is 0 Å². The van der Waals surface area contributed by atoms with Crippen molar-refractivity contribution in [3.8, 4) is 5.75 Å². The SMILES string of the molecule is O=C(O)CCCCCCCCCCCCCCCCCCCCCC(=O)Oc1ccccc1. The maximum atomic E-state index is 11.8. The highest BCUT2D eigenvalue weighted by Crippen LogP contribution is 2.15. The summed E-state index contributed by atoms with van der Waals surface area (Å²) in [4.78, 5) is 22.2. The fourth-order valence-electron chi connectivity index (χ4n) is 4.22. The van der Waals surface area contributed by atoms with Crippen molar-refractivity contribution in [2.45, 2.75) is 135 Å². The van der Waals surface area contributed by atoms with Gasteiger partial charge in [0.1, 0.15) is 5.75 Å². The number of para-hydroxylation sites is 1. The lowest BCUT2D eigenvalue weighted by atomic mass is 10.0. The molecule has 4 heteroatoms. The number of carbonyl (C=O) groups is 2. The standard InChI is InChI=1S/C29H48O4/c30-28(31)25-21-16-14-12-10-8-6-4-2-1-3-5-7-9-11-13-15-17-22-26-29(32)33-27-23-19-18-20-24-27/h18-20,23-24H,1-17,21-22,25-26H2,(H,30,31). The van der Waals surface area contributed by atoms with Crippen LogP contribution in [0.2, 0.25) is 0 Å². The Kier molecular flexibility index (Phi) is 19.4. The second-order valence-corrected chi connectivity index (χ2v) is 9.40. The summed E-state index contributed by atoms with van der Waals surface area (Å²) in [6.07, 6.45) is 24.7. The number of rotatable bonds is 23. The number of esters is 1. The topological polar surface area (TPSA) is 63.6 Å². The summed E-state index contributed by atoms with van der Waals surface area (Å²) < 4.78 is 5.31. The molecule has 0 spiro atoms. The number of ether oxygens (including phenoxy) is 1. The normalized spacial score (nSPS) is 10.9. The Bertz CT molecular complexity index is 585. The third kappa shape index (κ3) is 20.5. The van der Waals surface area contributed by atoms with Crippen LogP contribution >= 0.6 is 0 Å². The molecule has 0 bridgehead atoms. The number of aliphatic carboxylic acids is 1. The third-order valence-electron chi connectivity index (χ3n) is 6.25. The van der Waals surface area contributed by atoms with Gasteiger partial charge >= 0.3 is 11.9 Å². The zero-order chi connectivity index (χ0) is 23.8. The number of unbranched alkanes of at least 4 members (excludes halogenated alkanes) is 18. The van der Waals surface area contributed by atoms with Crippen LogP contribution in [0.1, 0.15) is 135 Å². The average molecular weight is 461 g/mol. The average Bonchev–Trinajstić information content (AvgIpc) is 2.80. The van der Waals surface area contributed by atoms with Gasteiger partial charge in [0, 0.05) is 12.8 Å². The minimum atomic E-state index is -0.665. The van der Waals surface area contributed by atoms with E-state index in [1.165, 1.54) is 96.3 Å². The van der Waals surface area contributed by atoms with Crippen molar-refractivity contribution in [3.63, 3.8) is 0 Å². The predicted molar refractivity (Wildman–Crippen MR) is 137 cm³/mol. The van der Waals surface area contributed by atoms with E-state index < -0.39 is 5.97 Å². The largest absolute Gasteiger partial charge is 0.481 e. The molecule has 0 fully saturated rings. The molecule has 0 aromatic heterocycles. The molecule has 0 radical (unpaired) electrons. The molecular weight excluding hydrogens is 412 g/mol. The molecule has 4 nitrogen and oxygen atoms in total. The van der Waals surface area contributed by atoms with E-state index in [1.54, 1.807) is 0 Å². The second-order valence-electron chi connectivity index (χ2n) is 9.40. The lowest BCUT2D eigenvalue weighted by Crippen LogP contribution is -2.07. The Balaban J connectivity index is 1.70. The van der Waals surface area contributed by atoms with Gasteiger partial charge in [-0.2, -0.15) is 0 Å². The monoisotopic (exact) mass is 460 g/mol. The first-order chi connectivity index (χ1) is 16.2. The van der Waals surface area contributed by atoms with Gasteiger partial charge in [-0.15, -0.1) is 0 Å². The molecule has 0 atom stereocenters. The number of hydrogen-bond donors (Lipinski definition) is 1. The summed E-state index contributed by atoms with van der Waals surface area (Å²) in [7, 11) is 0. The zero-order valence-electron chi connectivity index (χ0n) is 20.9. The maximum absolute atomic E-state index is 11.8. The summed E-state index contributed by atoms with van der Waals surface area (Å²) >= 11 is 0. The number of carboxylic acids is 1. The molecule has 0 unspecified atom stereocenters. The molecular formula is C29H48O4. The molecule has 0 saturated heterocycles. The fourth-order valence-corrected chi connectivity index (χ4v) is 4.22. The number of carboxylic acid groups (broad SMARTS) is 1. The van der Waals surface area contributed by atoms with Crippen LogP contribution in [0.3, 0.4) is 0 Å². The fraction of sp³-hybridized carbons (Fsp3) is 0.724. The number of benzene rings is 1. The van der Waals surface area contributed by atoms with Crippen LogP contribution in [-0.2, 0) is 9.59 Å². The van der Waals surface area contributed by atoms with Crippen LogP contribution in [0.4, 0.5) is 0 Å². The van der Waals surface area contributed by atoms with Crippen molar-refractivity contribution in [2.75, 3.05) is 0 Å². The Labute approximate surface area is 202 Å². The van der Waals surface area contributed by atoms with Crippen LogP contribution in [0.15, 0.2) is 30.3 Å². The van der Waals surface area contributed by atoms with Crippen molar-refractivity contribution in [2.24, 2.45) is 0 Å². The Morgan fingerprint density at radius 3 is 1.21 bits per heavy atom. The van der Waals surface area contributed by atoms with E-state index in [2.05, 4.69) is 0 Å². The molecule has 0 aliphatic rings. The Morgan fingerprint density at radius 1 is 0.515 bits per heavy atom. The van der Waals surface area contributed by atoms with Crippen molar-refractivity contribution < 1.29 is 19.4 Å².